The third-order valence-electron chi connectivity index (χ3n) is 3.85. The van der Waals surface area contributed by atoms with Crippen LogP contribution in [0.4, 0.5) is 0 Å². The molecule has 0 spiro atoms. The molecule has 126 valence electrons. The zero-order chi connectivity index (χ0) is 17.1. The SMILES string of the molecule is CCn1c(Cc2cccn2C)nnc1SCc1ccc(Cl)c(Cl)c1. The molecular weight excluding hydrogens is 363 g/mol. The molecule has 0 radical (unpaired) electrons. The molecule has 0 amide bonds. The third-order valence-corrected chi connectivity index (χ3v) is 5.63. The second kappa shape index (κ2) is 7.64. The molecule has 7 heteroatoms. The van der Waals surface area contributed by atoms with E-state index < -0.39 is 0 Å². The maximum atomic E-state index is 6.08. The summed E-state index contributed by atoms with van der Waals surface area (Å²) in [6, 6.07) is 9.86. The number of thioether (sulfide) groups is 1. The van der Waals surface area contributed by atoms with E-state index in [9.17, 15) is 0 Å². The minimum Gasteiger partial charge on any atom is -0.354 e. The highest BCUT2D eigenvalue weighted by Gasteiger charge is 2.13. The van der Waals surface area contributed by atoms with Gasteiger partial charge in [-0.3, -0.25) is 0 Å². The molecule has 1 aromatic carbocycles. The molecule has 24 heavy (non-hydrogen) atoms. The first-order valence-electron chi connectivity index (χ1n) is 7.67. The van der Waals surface area contributed by atoms with Crippen LogP contribution in [0.15, 0.2) is 41.7 Å². The van der Waals surface area contributed by atoms with Gasteiger partial charge in [0.2, 0.25) is 0 Å². The second-order valence-electron chi connectivity index (χ2n) is 5.47. The van der Waals surface area contributed by atoms with Crippen molar-refractivity contribution in [1.29, 1.82) is 0 Å². The minimum atomic E-state index is 0.576. The summed E-state index contributed by atoms with van der Waals surface area (Å²) in [5.74, 6) is 1.76. The normalized spacial score (nSPS) is 11.2. The highest BCUT2D eigenvalue weighted by molar-refractivity contribution is 7.98. The third kappa shape index (κ3) is 3.79. The van der Waals surface area contributed by atoms with Crippen LogP contribution < -0.4 is 0 Å². The topological polar surface area (TPSA) is 35.6 Å². The molecule has 0 aliphatic rings. The summed E-state index contributed by atoms with van der Waals surface area (Å²) in [5.41, 5.74) is 2.34. The fraction of sp³-hybridized carbons (Fsp3) is 0.294. The van der Waals surface area contributed by atoms with E-state index in [2.05, 4.69) is 32.3 Å². The molecule has 2 aromatic heterocycles. The maximum Gasteiger partial charge on any atom is 0.191 e. The summed E-state index contributed by atoms with van der Waals surface area (Å²) < 4.78 is 4.27. The van der Waals surface area contributed by atoms with Crippen LogP contribution in [-0.4, -0.2) is 19.3 Å². The molecule has 2 heterocycles. The first-order chi connectivity index (χ1) is 11.6. The van der Waals surface area contributed by atoms with Gasteiger partial charge in [0, 0.05) is 37.7 Å². The van der Waals surface area contributed by atoms with Gasteiger partial charge in [0.1, 0.15) is 5.82 Å². The van der Waals surface area contributed by atoms with Gasteiger partial charge in [0.15, 0.2) is 5.16 Å². The zero-order valence-corrected chi connectivity index (χ0v) is 15.9. The summed E-state index contributed by atoms with van der Waals surface area (Å²) in [6.45, 7) is 2.96. The summed E-state index contributed by atoms with van der Waals surface area (Å²) in [5, 5.41) is 10.8. The van der Waals surface area contributed by atoms with Crippen LogP contribution in [0.3, 0.4) is 0 Å². The first-order valence-corrected chi connectivity index (χ1v) is 9.41. The second-order valence-corrected chi connectivity index (χ2v) is 7.22. The molecule has 3 aromatic rings. The monoisotopic (exact) mass is 380 g/mol. The van der Waals surface area contributed by atoms with Crippen molar-refractivity contribution in [3.63, 3.8) is 0 Å². The Labute approximate surface area is 155 Å². The molecule has 0 saturated heterocycles. The van der Waals surface area contributed by atoms with Crippen LogP contribution in [-0.2, 0) is 25.8 Å². The Bertz CT molecular complexity index is 841. The molecule has 4 nitrogen and oxygen atoms in total. The highest BCUT2D eigenvalue weighted by atomic mass is 35.5. The lowest BCUT2D eigenvalue weighted by atomic mass is 10.2. The van der Waals surface area contributed by atoms with Crippen LogP contribution in [0.1, 0.15) is 24.0 Å². The first kappa shape index (κ1) is 17.4. The Morgan fingerprint density at radius 1 is 1.12 bits per heavy atom. The van der Waals surface area contributed by atoms with Gasteiger partial charge in [-0.2, -0.15) is 0 Å². The number of aromatic nitrogens is 4. The Balaban J connectivity index is 1.74. The van der Waals surface area contributed by atoms with Gasteiger partial charge in [-0.05, 0) is 36.8 Å². The van der Waals surface area contributed by atoms with E-state index in [4.69, 9.17) is 23.2 Å². The van der Waals surface area contributed by atoms with Gasteiger partial charge < -0.3 is 9.13 Å². The van der Waals surface area contributed by atoms with E-state index in [1.165, 1.54) is 5.69 Å². The Kier molecular flexibility index (Phi) is 5.54. The van der Waals surface area contributed by atoms with Crippen LogP contribution in [0.2, 0.25) is 10.0 Å². The van der Waals surface area contributed by atoms with Gasteiger partial charge in [0.05, 0.1) is 10.0 Å². The van der Waals surface area contributed by atoms with Crippen molar-refractivity contribution < 1.29 is 0 Å². The minimum absolute atomic E-state index is 0.576. The predicted octanol–water partition coefficient (Wildman–Crippen LogP) is 4.83. The summed E-state index contributed by atoms with van der Waals surface area (Å²) >= 11 is 13.7. The van der Waals surface area contributed by atoms with Crippen molar-refractivity contribution in [2.45, 2.75) is 30.8 Å². The zero-order valence-electron chi connectivity index (χ0n) is 13.5. The van der Waals surface area contributed by atoms with Crippen molar-refractivity contribution in [3.8, 4) is 0 Å². The summed E-state index contributed by atoms with van der Waals surface area (Å²) in [4.78, 5) is 0. The number of benzene rings is 1. The number of aryl methyl sites for hydroxylation is 1. The molecule has 0 saturated carbocycles. The molecule has 3 rings (SSSR count). The lowest BCUT2D eigenvalue weighted by Gasteiger charge is -2.08. The van der Waals surface area contributed by atoms with E-state index in [1.54, 1.807) is 11.8 Å². The molecule has 0 N–H and O–H groups in total. The molecule has 0 bridgehead atoms. The average molecular weight is 381 g/mol. The molecular formula is C17H18Cl2N4S. The smallest absolute Gasteiger partial charge is 0.191 e. The van der Waals surface area contributed by atoms with Gasteiger partial charge in [-0.1, -0.05) is 41.0 Å². The van der Waals surface area contributed by atoms with Crippen LogP contribution in [0, 0.1) is 0 Å². The van der Waals surface area contributed by atoms with E-state index in [0.717, 1.165) is 35.3 Å². The number of hydrogen-bond donors (Lipinski definition) is 0. The van der Waals surface area contributed by atoms with Crippen LogP contribution in [0.5, 0.6) is 0 Å². The van der Waals surface area contributed by atoms with Crippen molar-refractivity contribution in [1.82, 2.24) is 19.3 Å². The predicted molar refractivity (Wildman–Crippen MR) is 99.9 cm³/mol. The number of rotatable bonds is 6. The van der Waals surface area contributed by atoms with Crippen molar-refractivity contribution >= 4 is 35.0 Å². The lowest BCUT2D eigenvalue weighted by Crippen LogP contribution is -2.06. The Morgan fingerprint density at radius 2 is 1.96 bits per heavy atom. The lowest BCUT2D eigenvalue weighted by molar-refractivity contribution is 0.645. The fourth-order valence-corrected chi connectivity index (χ4v) is 3.78. The maximum absolute atomic E-state index is 6.08. The number of halogens is 2. The standard InChI is InChI=1S/C17H18Cl2N4S/c1-3-23-16(10-13-5-4-8-22(13)2)20-21-17(23)24-11-12-6-7-14(18)15(19)9-12/h4-9H,3,10-11H2,1-2H3. The van der Waals surface area contributed by atoms with Crippen LogP contribution >= 0.6 is 35.0 Å². The summed E-state index contributed by atoms with van der Waals surface area (Å²) in [7, 11) is 2.04. The largest absolute Gasteiger partial charge is 0.354 e. The van der Waals surface area contributed by atoms with E-state index in [-0.39, 0.29) is 0 Å². The molecule has 0 fully saturated rings. The van der Waals surface area contributed by atoms with Crippen molar-refractivity contribution in [3.05, 3.63) is 63.7 Å². The Morgan fingerprint density at radius 3 is 2.62 bits per heavy atom. The van der Waals surface area contributed by atoms with Gasteiger partial charge in [-0.25, -0.2) is 0 Å². The van der Waals surface area contributed by atoms with Gasteiger partial charge in [-0.15, -0.1) is 10.2 Å². The van der Waals surface area contributed by atoms with Gasteiger partial charge >= 0.3 is 0 Å². The van der Waals surface area contributed by atoms with Gasteiger partial charge in [0.25, 0.3) is 0 Å². The van der Waals surface area contributed by atoms with Crippen molar-refractivity contribution in [2.24, 2.45) is 7.05 Å². The van der Waals surface area contributed by atoms with Crippen molar-refractivity contribution in [2.75, 3.05) is 0 Å². The highest BCUT2D eigenvalue weighted by Crippen LogP contribution is 2.27. The summed E-state index contributed by atoms with van der Waals surface area (Å²) in [6.07, 6.45) is 2.82. The fourth-order valence-electron chi connectivity index (χ4n) is 2.49. The number of hydrogen-bond acceptors (Lipinski definition) is 3. The Hall–Kier alpha value is -1.43. The van der Waals surface area contributed by atoms with Crippen LogP contribution in [0.25, 0.3) is 0 Å². The number of nitrogens with zero attached hydrogens (tertiary/aromatic N) is 4. The molecule has 0 aliphatic carbocycles. The molecule has 0 aliphatic heterocycles. The average Bonchev–Trinajstić information content (AvgIpc) is 3.15. The van der Waals surface area contributed by atoms with E-state index in [1.807, 2.05) is 37.5 Å². The molecule has 0 atom stereocenters. The molecule has 0 unspecified atom stereocenters. The quantitative estimate of drug-likeness (QED) is 0.574. The van der Waals surface area contributed by atoms with E-state index in [0.29, 0.717) is 10.0 Å². The van der Waals surface area contributed by atoms with E-state index >= 15 is 0 Å².